The second kappa shape index (κ2) is 8.46. The standard InChI is InChI=1S/C22H21NO3/c24-14-12-22(26)23-13-11-21(25)20-15-18-7-2-1-5-16(18)9-10-17-6-3-4-8-19(17)20/h1-8,20,24H,11-15H2,(H,23,26). The minimum atomic E-state index is -0.281. The molecule has 132 valence electrons. The Morgan fingerprint density at radius 1 is 1.00 bits per heavy atom. The molecular formula is C22H21NO3. The van der Waals surface area contributed by atoms with Crippen LogP contribution in [0.5, 0.6) is 0 Å². The monoisotopic (exact) mass is 347 g/mol. The van der Waals surface area contributed by atoms with Crippen molar-refractivity contribution in [3.63, 3.8) is 0 Å². The molecule has 0 aromatic heterocycles. The average molecular weight is 347 g/mol. The third-order valence-electron chi connectivity index (χ3n) is 4.53. The van der Waals surface area contributed by atoms with Crippen LogP contribution in [0.3, 0.4) is 0 Å². The van der Waals surface area contributed by atoms with E-state index in [0.717, 1.165) is 22.3 Å². The van der Waals surface area contributed by atoms with Gasteiger partial charge in [0.15, 0.2) is 0 Å². The molecule has 0 spiro atoms. The number of hydrogen-bond donors (Lipinski definition) is 2. The van der Waals surface area contributed by atoms with E-state index in [1.165, 1.54) is 0 Å². The van der Waals surface area contributed by atoms with Crippen molar-refractivity contribution in [2.45, 2.75) is 25.2 Å². The van der Waals surface area contributed by atoms with E-state index in [2.05, 4.69) is 17.2 Å². The van der Waals surface area contributed by atoms with E-state index in [1.54, 1.807) is 0 Å². The van der Waals surface area contributed by atoms with Crippen molar-refractivity contribution in [2.24, 2.45) is 0 Å². The predicted molar refractivity (Wildman–Crippen MR) is 99.6 cm³/mol. The summed E-state index contributed by atoms with van der Waals surface area (Å²) < 4.78 is 0. The third kappa shape index (κ3) is 4.19. The topological polar surface area (TPSA) is 66.4 Å². The fourth-order valence-corrected chi connectivity index (χ4v) is 3.18. The van der Waals surface area contributed by atoms with Gasteiger partial charge in [-0.05, 0) is 29.7 Å². The second-order valence-electron chi connectivity index (χ2n) is 6.29. The van der Waals surface area contributed by atoms with Crippen molar-refractivity contribution in [1.29, 1.82) is 0 Å². The Hall–Kier alpha value is -2.90. The molecule has 0 radical (unpaired) electrons. The third-order valence-corrected chi connectivity index (χ3v) is 4.53. The number of hydrogen-bond acceptors (Lipinski definition) is 3. The fraction of sp³-hybridized carbons (Fsp3) is 0.273. The molecule has 3 rings (SSSR count). The van der Waals surface area contributed by atoms with Gasteiger partial charge in [-0.1, -0.05) is 48.2 Å². The van der Waals surface area contributed by atoms with Gasteiger partial charge in [0.25, 0.3) is 0 Å². The summed E-state index contributed by atoms with van der Waals surface area (Å²) in [6.07, 6.45) is 0.917. The number of fused-ring (bicyclic) bond motifs is 2. The van der Waals surface area contributed by atoms with Crippen LogP contribution >= 0.6 is 0 Å². The number of nitrogens with one attached hydrogen (secondary N) is 1. The number of benzene rings is 2. The van der Waals surface area contributed by atoms with E-state index in [0.29, 0.717) is 6.42 Å². The Morgan fingerprint density at radius 3 is 2.50 bits per heavy atom. The molecule has 26 heavy (non-hydrogen) atoms. The molecule has 4 nitrogen and oxygen atoms in total. The maximum atomic E-state index is 12.9. The van der Waals surface area contributed by atoms with Gasteiger partial charge >= 0.3 is 0 Å². The van der Waals surface area contributed by atoms with E-state index in [4.69, 9.17) is 5.11 Å². The van der Waals surface area contributed by atoms with Gasteiger partial charge in [-0.3, -0.25) is 9.59 Å². The number of carbonyl (C=O) groups is 2. The molecule has 0 heterocycles. The quantitative estimate of drug-likeness (QED) is 0.787. The van der Waals surface area contributed by atoms with Gasteiger partial charge in [0, 0.05) is 36.4 Å². The zero-order valence-corrected chi connectivity index (χ0v) is 14.5. The first-order valence-electron chi connectivity index (χ1n) is 8.78. The largest absolute Gasteiger partial charge is 0.396 e. The zero-order chi connectivity index (χ0) is 18.4. The molecule has 0 aliphatic heterocycles. The molecule has 1 atom stereocenters. The van der Waals surface area contributed by atoms with Crippen LogP contribution in [0.25, 0.3) is 0 Å². The number of carbonyl (C=O) groups excluding carboxylic acids is 2. The summed E-state index contributed by atoms with van der Waals surface area (Å²) in [6.45, 7) is 0.0922. The van der Waals surface area contributed by atoms with Crippen LogP contribution in [0, 0.1) is 11.8 Å². The first-order chi connectivity index (χ1) is 12.7. The SMILES string of the molecule is O=C(CCO)NCCC(=O)C1Cc2ccccc2C#Cc2ccccc21. The summed E-state index contributed by atoms with van der Waals surface area (Å²) in [5.41, 5.74) is 3.85. The molecular weight excluding hydrogens is 326 g/mol. The number of aliphatic hydroxyl groups excluding tert-OH is 1. The van der Waals surface area contributed by atoms with Crippen molar-refractivity contribution in [3.05, 3.63) is 70.8 Å². The average Bonchev–Trinajstić information content (AvgIpc) is 2.64. The lowest BCUT2D eigenvalue weighted by molar-refractivity contribution is -0.122. The van der Waals surface area contributed by atoms with Crippen LogP contribution in [0.4, 0.5) is 0 Å². The van der Waals surface area contributed by atoms with Gasteiger partial charge in [0.1, 0.15) is 5.78 Å². The number of Topliss-reactive ketones (excluding diaryl/α,β-unsaturated/α-hetero) is 1. The number of aliphatic hydroxyl groups is 1. The van der Waals surface area contributed by atoms with Crippen molar-refractivity contribution < 1.29 is 14.7 Å². The Bertz CT molecular complexity index is 876. The van der Waals surface area contributed by atoms with E-state index in [-0.39, 0.29) is 43.6 Å². The molecule has 2 aromatic rings. The number of ketones is 1. The van der Waals surface area contributed by atoms with E-state index < -0.39 is 0 Å². The molecule has 0 saturated carbocycles. The Morgan fingerprint density at radius 2 is 1.69 bits per heavy atom. The summed E-state index contributed by atoms with van der Waals surface area (Å²) in [4.78, 5) is 24.4. The van der Waals surface area contributed by atoms with Gasteiger partial charge in [-0.15, -0.1) is 0 Å². The van der Waals surface area contributed by atoms with Crippen LogP contribution in [-0.2, 0) is 16.0 Å². The summed E-state index contributed by atoms with van der Waals surface area (Å²) in [6, 6.07) is 15.7. The Labute approximate surface area is 153 Å². The smallest absolute Gasteiger partial charge is 0.222 e. The predicted octanol–water partition coefficient (Wildman–Crippen LogP) is 2.18. The molecule has 0 bridgehead atoms. The van der Waals surface area contributed by atoms with Gasteiger partial charge in [0.05, 0.1) is 6.61 Å². The highest BCUT2D eigenvalue weighted by Crippen LogP contribution is 2.28. The summed E-state index contributed by atoms with van der Waals surface area (Å²) in [5.74, 6) is 5.97. The first-order valence-corrected chi connectivity index (χ1v) is 8.78. The van der Waals surface area contributed by atoms with Crippen molar-refractivity contribution in [3.8, 4) is 11.8 Å². The van der Waals surface area contributed by atoms with Crippen molar-refractivity contribution >= 4 is 11.7 Å². The highest BCUT2D eigenvalue weighted by atomic mass is 16.3. The van der Waals surface area contributed by atoms with Gasteiger partial charge in [-0.25, -0.2) is 0 Å². The van der Waals surface area contributed by atoms with E-state index >= 15 is 0 Å². The Balaban J connectivity index is 1.83. The highest BCUT2D eigenvalue weighted by Gasteiger charge is 2.24. The summed E-state index contributed by atoms with van der Waals surface area (Å²) in [5, 5.41) is 11.4. The van der Waals surface area contributed by atoms with Crippen LogP contribution < -0.4 is 5.32 Å². The lowest BCUT2D eigenvalue weighted by atomic mass is 9.82. The fourth-order valence-electron chi connectivity index (χ4n) is 3.18. The molecule has 1 aliphatic rings. The molecule has 2 aromatic carbocycles. The minimum absolute atomic E-state index is 0.0589. The summed E-state index contributed by atoms with van der Waals surface area (Å²) >= 11 is 0. The van der Waals surface area contributed by atoms with Gasteiger partial charge < -0.3 is 10.4 Å². The van der Waals surface area contributed by atoms with Crippen LogP contribution in [-0.4, -0.2) is 29.9 Å². The lowest BCUT2D eigenvalue weighted by Gasteiger charge is -2.20. The first kappa shape index (κ1) is 17.9. The molecule has 1 unspecified atom stereocenters. The highest BCUT2D eigenvalue weighted by molar-refractivity contribution is 5.88. The molecule has 1 amide bonds. The molecule has 1 aliphatic carbocycles. The molecule has 0 fully saturated rings. The van der Waals surface area contributed by atoms with Crippen LogP contribution in [0.1, 0.15) is 41.0 Å². The maximum absolute atomic E-state index is 12.9. The molecule has 4 heteroatoms. The number of rotatable bonds is 6. The molecule has 0 saturated heterocycles. The summed E-state index contributed by atoms with van der Waals surface area (Å²) in [7, 11) is 0. The lowest BCUT2D eigenvalue weighted by Crippen LogP contribution is -2.28. The normalized spacial score (nSPS) is 14.7. The Kier molecular flexibility index (Phi) is 5.83. The molecule has 2 N–H and O–H groups in total. The van der Waals surface area contributed by atoms with E-state index in [9.17, 15) is 9.59 Å². The maximum Gasteiger partial charge on any atom is 0.222 e. The number of amides is 1. The van der Waals surface area contributed by atoms with Gasteiger partial charge in [-0.2, -0.15) is 0 Å². The second-order valence-corrected chi connectivity index (χ2v) is 6.29. The van der Waals surface area contributed by atoms with Crippen molar-refractivity contribution in [2.75, 3.05) is 13.2 Å². The van der Waals surface area contributed by atoms with Crippen molar-refractivity contribution in [1.82, 2.24) is 5.32 Å². The minimum Gasteiger partial charge on any atom is -0.396 e. The van der Waals surface area contributed by atoms with E-state index in [1.807, 2.05) is 48.5 Å². The van der Waals surface area contributed by atoms with Crippen LogP contribution in [0.2, 0.25) is 0 Å². The van der Waals surface area contributed by atoms with Gasteiger partial charge in [0.2, 0.25) is 5.91 Å². The zero-order valence-electron chi connectivity index (χ0n) is 14.5. The van der Waals surface area contributed by atoms with Crippen LogP contribution in [0.15, 0.2) is 48.5 Å².